The average Bonchev–Trinajstić information content (AvgIpc) is 2.90. The first-order chi connectivity index (χ1) is 10.0. The fraction of sp³-hybridized carbons (Fsp3) is 0.125. The third kappa shape index (κ3) is 3.15. The van der Waals surface area contributed by atoms with Crippen LogP contribution in [0.15, 0.2) is 59.5 Å². The predicted octanol–water partition coefficient (Wildman–Crippen LogP) is 3.69. The summed E-state index contributed by atoms with van der Waals surface area (Å²) in [7, 11) is -3.48. The van der Waals surface area contributed by atoms with Crippen LogP contribution < -0.4 is 4.72 Å². The number of aryl methyl sites for hydroxylation is 1. The molecule has 0 amide bonds. The van der Waals surface area contributed by atoms with Crippen molar-refractivity contribution in [1.29, 1.82) is 0 Å². The Kier molecular flexibility index (Phi) is 3.80. The Bertz CT molecular complexity index is 882. The summed E-state index contributed by atoms with van der Waals surface area (Å²) in [6.07, 6.45) is 0. The van der Waals surface area contributed by atoms with E-state index >= 15 is 0 Å². The van der Waals surface area contributed by atoms with Crippen LogP contribution in [-0.4, -0.2) is 8.42 Å². The van der Waals surface area contributed by atoms with Crippen molar-refractivity contribution in [2.45, 2.75) is 18.4 Å². The summed E-state index contributed by atoms with van der Waals surface area (Å²) < 4.78 is 27.4. The van der Waals surface area contributed by atoms with Crippen molar-refractivity contribution in [3.05, 3.63) is 64.4 Å². The third-order valence-electron chi connectivity index (χ3n) is 3.26. The van der Waals surface area contributed by atoms with Crippen LogP contribution in [0.25, 0.3) is 10.8 Å². The molecule has 0 unspecified atom stereocenters. The van der Waals surface area contributed by atoms with Gasteiger partial charge in [0.05, 0.1) is 4.90 Å². The van der Waals surface area contributed by atoms with E-state index in [1.54, 1.807) is 23.5 Å². The van der Waals surface area contributed by atoms with E-state index in [-0.39, 0.29) is 0 Å². The quantitative estimate of drug-likeness (QED) is 0.797. The van der Waals surface area contributed by atoms with Crippen LogP contribution >= 0.6 is 11.3 Å². The second-order valence-corrected chi connectivity index (χ2v) is 7.99. The lowest BCUT2D eigenvalue weighted by Gasteiger charge is -2.07. The molecule has 0 bridgehead atoms. The number of rotatable bonds is 4. The van der Waals surface area contributed by atoms with Gasteiger partial charge in [-0.25, -0.2) is 13.1 Å². The molecule has 0 saturated carbocycles. The van der Waals surface area contributed by atoms with Crippen LogP contribution in [0.5, 0.6) is 0 Å². The summed E-state index contributed by atoms with van der Waals surface area (Å²) in [5, 5.41) is 1.96. The van der Waals surface area contributed by atoms with Crippen LogP contribution in [0, 0.1) is 6.92 Å². The van der Waals surface area contributed by atoms with Crippen molar-refractivity contribution >= 4 is 32.1 Å². The minimum absolute atomic E-state index is 0.300. The highest BCUT2D eigenvalue weighted by Crippen LogP contribution is 2.20. The van der Waals surface area contributed by atoms with Crippen molar-refractivity contribution < 1.29 is 8.42 Å². The molecule has 3 rings (SSSR count). The van der Waals surface area contributed by atoms with Gasteiger partial charge in [-0.3, -0.25) is 0 Å². The second kappa shape index (κ2) is 5.60. The molecule has 0 radical (unpaired) electrons. The molecular weight excluding hydrogens is 302 g/mol. The van der Waals surface area contributed by atoms with Crippen LogP contribution in [0.1, 0.15) is 9.75 Å². The van der Waals surface area contributed by atoms with E-state index in [0.717, 1.165) is 15.6 Å². The molecule has 0 aliphatic heterocycles. The normalized spacial score (nSPS) is 11.9. The van der Waals surface area contributed by atoms with E-state index in [1.807, 2.05) is 49.4 Å². The van der Waals surface area contributed by atoms with Gasteiger partial charge < -0.3 is 0 Å². The zero-order valence-corrected chi connectivity index (χ0v) is 13.2. The van der Waals surface area contributed by atoms with Crippen LogP contribution in [0.4, 0.5) is 0 Å². The van der Waals surface area contributed by atoms with Crippen LogP contribution in [0.2, 0.25) is 0 Å². The zero-order chi connectivity index (χ0) is 14.9. The lowest BCUT2D eigenvalue weighted by Crippen LogP contribution is -2.22. The minimum atomic E-state index is -3.48. The number of hydrogen-bond donors (Lipinski definition) is 1. The van der Waals surface area contributed by atoms with Gasteiger partial charge in [-0.2, -0.15) is 0 Å². The van der Waals surface area contributed by atoms with Crippen molar-refractivity contribution in [2.75, 3.05) is 0 Å². The molecule has 3 nitrogen and oxygen atoms in total. The van der Waals surface area contributed by atoms with Crippen molar-refractivity contribution in [3.63, 3.8) is 0 Å². The molecule has 3 aromatic rings. The van der Waals surface area contributed by atoms with Crippen LogP contribution in [0.3, 0.4) is 0 Å². The van der Waals surface area contributed by atoms with Gasteiger partial charge in [0.2, 0.25) is 10.0 Å². The molecule has 5 heteroatoms. The summed E-state index contributed by atoms with van der Waals surface area (Å²) in [5.41, 5.74) is 0. The molecule has 1 aromatic heterocycles. The summed E-state index contributed by atoms with van der Waals surface area (Å²) in [4.78, 5) is 2.49. The van der Waals surface area contributed by atoms with Crippen molar-refractivity contribution in [1.82, 2.24) is 4.72 Å². The Hall–Kier alpha value is -1.69. The highest BCUT2D eigenvalue weighted by Gasteiger charge is 2.14. The third-order valence-corrected chi connectivity index (χ3v) is 5.66. The topological polar surface area (TPSA) is 46.2 Å². The summed E-state index contributed by atoms with van der Waals surface area (Å²) in [6.45, 7) is 2.33. The molecule has 108 valence electrons. The molecular formula is C16H15NO2S2. The van der Waals surface area contributed by atoms with Gasteiger partial charge in [0.1, 0.15) is 0 Å². The monoisotopic (exact) mass is 317 g/mol. The van der Waals surface area contributed by atoms with Gasteiger partial charge >= 0.3 is 0 Å². The first-order valence-electron chi connectivity index (χ1n) is 6.58. The average molecular weight is 317 g/mol. The molecule has 0 saturated heterocycles. The number of sulfonamides is 1. The minimum Gasteiger partial charge on any atom is -0.207 e. The molecule has 1 heterocycles. The van der Waals surface area contributed by atoms with E-state index in [2.05, 4.69) is 4.72 Å². The van der Waals surface area contributed by atoms with Gasteiger partial charge in [0.25, 0.3) is 0 Å². The van der Waals surface area contributed by atoms with Gasteiger partial charge in [0.15, 0.2) is 0 Å². The molecule has 21 heavy (non-hydrogen) atoms. The molecule has 0 atom stereocenters. The smallest absolute Gasteiger partial charge is 0.207 e. The molecule has 0 spiro atoms. The Labute approximate surface area is 128 Å². The maximum atomic E-state index is 12.3. The summed E-state index contributed by atoms with van der Waals surface area (Å²) in [5.74, 6) is 0. The van der Waals surface area contributed by atoms with E-state index in [1.165, 1.54) is 4.88 Å². The highest BCUT2D eigenvalue weighted by molar-refractivity contribution is 7.89. The van der Waals surface area contributed by atoms with E-state index in [0.29, 0.717) is 11.4 Å². The molecule has 0 fully saturated rings. The van der Waals surface area contributed by atoms with E-state index < -0.39 is 10.0 Å². The predicted molar refractivity (Wildman–Crippen MR) is 87.0 cm³/mol. The fourth-order valence-electron chi connectivity index (χ4n) is 2.16. The molecule has 1 N–H and O–H groups in total. The van der Waals surface area contributed by atoms with Crippen LogP contribution in [-0.2, 0) is 16.6 Å². The molecule has 2 aromatic carbocycles. The first-order valence-corrected chi connectivity index (χ1v) is 8.88. The SMILES string of the molecule is Cc1ccc(CNS(=O)(=O)c2ccc3ccccc3c2)s1. The summed E-state index contributed by atoms with van der Waals surface area (Å²) >= 11 is 1.60. The largest absolute Gasteiger partial charge is 0.240 e. The van der Waals surface area contributed by atoms with Gasteiger partial charge in [-0.15, -0.1) is 11.3 Å². The van der Waals surface area contributed by atoms with E-state index in [4.69, 9.17) is 0 Å². The van der Waals surface area contributed by atoms with E-state index in [9.17, 15) is 8.42 Å². The Balaban J connectivity index is 1.85. The lowest BCUT2D eigenvalue weighted by molar-refractivity contribution is 0.582. The Morgan fingerprint density at radius 2 is 1.76 bits per heavy atom. The van der Waals surface area contributed by atoms with Gasteiger partial charge in [-0.05, 0) is 42.0 Å². The fourth-order valence-corrected chi connectivity index (χ4v) is 4.13. The number of nitrogens with one attached hydrogen (secondary N) is 1. The van der Waals surface area contributed by atoms with Gasteiger partial charge in [-0.1, -0.05) is 30.3 Å². The second-order valence-electron chi connectivity index (χ2n) is 4.85. The van der Waals surface area contributed by atoms with Crippen molar-refractivity contribution in [2.24, 2.45) is 0 Å². The summed E-state index contributed by atoms with van der Waals surface area (Å²) in [6, 6.07) is 16.8. The lowest BCUT2D eigenvalue weighted by atomic mass is 10.1. The van der Waals surface area contributed by atoms with Crippen molar-refractivity contribution in [3.8, 4) is 0 Å². The number of fused-ring (bicyclic) bond motifs is 1. The zero-order valence-electron chi connectivity index (χ0n) is 11.5. The Morgan fingerprint density at radius 1 is 1.00 bits per heavy atom. The van der Waals surface area contributed by atoms with Gasteiger partial charge in [0, 0.05) is 16.3 Å². The Morgan fingerprint density at radius 3 is 2.48 bits per heavy atom. The maximum absolute atomic E-state index is 12.3. The first kappa shape index (κ1) is 14.3. The number of thiophene rings is 1. The molecule has 0 aliphatic rings. The highest BCUT2D eigenvalue weighted by atomic mass is 32.2. The standard InChI is InChI=1S/C16H15NO2S2/c1-12-6-8-15(20-12)11-17-21(18,19)16-9-7-13-4-2-3-5-14(13)10-16/h2-10,17H,11H2,1H3. The maximum Gasteiger partial charge on any atom is 0.240 e. The number of benzene rings is 2. The molecule has 0 aliphatic carbocycles. The number of hydrogen-bond acceptors (Lipinski definition) is 3.